The summed E-state index contributed by atoms with van der Waals surface area (Å²) >= 11 is 0. The molecule has 4 nitrogen and oxygen atoms in total. The molecule has 0 unspecified atom stereocenters. The third-order valence-electron chi connectivity index (χ3n) is 4.80. The van der Waals surface area contributed by atoms with Gasteiger partial charge in [0, 0.05) is 37.6 Å². The van der Waals surface area contributed by atoms with E-state index in [1.165, 1.54) is 22.5 Å². The van der Waals surface area contributed by atoms with Crippen LogP contribution < -0.4 is 9.80 Å². The summed E-state index contributed by atoms with van der Waals surface area (Å²) in [7, 11) is 0. The van der Waals surface area contributed by atoms with Crippen molar-refractivity contribution in [3.63, 3.8) is 0 Å². The fourth-order valence-electron chi connectivity index (χ4n) is 3.39. The molecule has 2 aliphatic heterocycles. The molecule has 126 valence electrons. The molecule has 0 atom stereocenters. The monoisotopic (exact) mass is 324 g/mol. The Balaban J connectivity index is 1.52. The lowest BCUT2D eigenvalue weighted by atomic mass is 10.0. The van der Waals surface area contributed by atoms with Crippen LogP contribution in [-0.2, 0) is 9.47 Å². The van der Waals surface area contributed by atoms with E-state index >= 15 is 0 Å². The summed E-state index contributed by atoms with van der Waals surface area (Å²) in [6.45, 7) is 7.18. The number of hydrogen-bond donors (Lipinski definition) is 0. The molecule has 2 saturated heterocycles. The van der Waals surface area contributed by atoms with Crippen LogP contribution in [0.2, 0.25) is 0 Å². The maximum Gasteiger partial charge on any atom is 0.0642 e. The van der Waals surface area contributed by atoms with E-state index in [0.717, 1.165) is 52.6 Å². The Bertz CT molecular complexity index is 660. The number of morpholine rings is 2. The van der Waals surface area contributed by atoms with Gasteiger partial charge >= 0.3 is 0 Å². The molecular weight excluding hydrogens is 300 g/mol. The molecular formula is C20H24N2O2. The van der Waals surface area contributed by atoms with Crippen LogP contribution in [0.25, 0.3) is 11.1 Å². The number of anilines is 2. The van der Waals surface area contributed by atoms with Crippen LogP contribution in [0.15, 0.2) is 48.5 Å². The first-order valence-electron chi connectivity index (χ1n) is 8.76. The zero-order valence-electron chi connectivity index (χ0n) is 14.0. The molecule has 4 heteroatoms. The van der Waals surface area contributed by atoms with Gasteiger partial charge in [-0.2, -0.15) is 0 Å². The highest BCUT2D eigenvalue weighted by molar-refractivity contribution is 5.70. The molecule has 0 spiro atoms. The van der Waals surface area contributed by atoms with Crippen LogP contribution >= 0.6 is 0 Å². The van der Waals surface area contributed by atoms with Crippen molar-refractivity contribution in [2.75, 3.05) is 62.4 Å². The summed E-state index contributed by atoms with van der Waals surface area (Å²) in [6, 6.07) is 17.7. The number of nitrogens with zero attached hydrogens (tertiary/aromatic N) is 2. The summed E-state index contributed by atoms with van der Waals surface area (Å²) in [5.41, 5.74) is 5.11. The largest absolute Gasteiger partial charge is 0.378 e. The molecule has 2 aromatic rings. The summed E-state index contributed by atoms with van der Waals surface area (Å²) in [6.07, 6.45) is 0. The van der Waals surface area contributed by atoms with Gasteiger partial charge in [-0.05, 0) is 35.4 Å². The van der Waals surface area contributed by atoms with Crippen LogP contribution in [0.4, 0.5) is 11.4 Å². The van der Waals surface area contributed by atoms with Gasteiger partial charge in [0.15, 0.2) is 0 Å². The molecule has 2 fully saturated rings. The number of benzene rings is 2. The molecule has 0 aliphatic carbocycles. The van der Waals surface area contributed by atoms with Crippen LogP contribution in [0, 0.1) is 0 Å². The van der Waals surface area contributed by atoms with E-state index in [9.17, 15) is 0 Å². The van der Waals surface area contributed by atoms with Crippen molar-refractivity contribution in [1.29, 1.82) is 0 Å². The van der Waals surface area contributed by atoms with Crippen molar-refractivity contribution in [2.24, 2.45) is 0 Å². The highest BCUT2D eigenvalue weighted by Crippen LogP contribution is 2.27. The highest BCUT2D eigenvalue weighted by atomic mass is 16.5. The fraction of sp³-hybridized carbons (Fsp3) is 0.400. The van der Waals surface area contributed by atoms with Crippen molar-refractivity contribution >= 4 is 11.4 Å². The SMILES string of the molecule is c1cc(-c2ccc(N3CCOCC3)cc2)cc(N2CCOCC2)c1. The van der Waals surface area contributed by atoms with Gasteiger partial charge in [0.1, 0.15) is 0 Å². The second kappa shape index (κ2) is 7.24. The van der Waals surface area contributed by atoms with Crippen LogP contribution in [0.3, 0.4) is 0 Å². The first-order valence-corrected chi connectivity index (χ1v) is 8.76. The molecule has 2 aromatic carbocycles. The van der Waals surface area contributed by atoms with Gasteiger partial charge in [-0.25, -0.2) is 0 Å². The van der Waals surface area contributed by atoms with E-state index in [-0.39, 0.29) is 0 Å². The lowest BCUT2D eigenvalue weighted by Crippen LogP contribution is -2.36. The molecule has 4 rings (SSSR count). The van der Waals surface area contributed by atoms with Crippen LogP contribution in [0.1, 0.15) is 0 Å². The van der Waals surface area contributed by atoms with E-state index in [1.54, 1.807) is 0 Å². The second-order valence-corrected chi connectivity index (χ2v) is 6.30. The second-order valence-electron chi connectivity index (χ2n) is 6.30. The maximum atomic E-state index is 5.45. The molecule has 2 heterocycles. The third kappa shape index (κ3) is 3.40. The van der Waals surface area contributed by atoms with Gasteiger partial charge in [-0.1, -0.05) is 24.3 Å². The molecule has 0 bridgehead atoms. The summed E-state index contributed by atoms with van der Waals surface area (Å²) in [4.78, 5) is 4.78. The van der Waals surface area contributed by atoms with E-state index in [2.05, 4.69) is 58.3 Å². The van der Waals surface area contributed by atoms with Crippen molar-refractivity contribution < 1.29 is 9.47 Å². The van der Waals surface area contributed by atoms with Crippen molar-refractivity contribution in [3.05, 3.63) is 48.5 Å². The third-order valence-corrected chi connectivity index (χ3v) is 4.80. The van der Waals surface area contributed by atoms with E-state index in [4.69, 9.17) is 9.47 Å². The minimum Gasteiger partial charge on any atom is -0.378 e. The molecule has 2 aliphatic rings. The van der Waals surface area contributed by atoms with Crippen LogP contribution in [0.5, 0.6) is 0 Å². The fourth-order valence-corrected chi connectivity index (χ4v) is 3.39. The molecule has 0 amide bonds. The molecule has 0 aromatic heterocycles. The van der Waals surface area contributed by atoms with Gasteiger partial charge in [0.2, 0.25) is 0 Å². The number of rotatable bonds is 3. The normalized spacial score (nSPS) is 18.7. The topological polar surface area (TPSA) is 24.9 Å². The summed E-state index contributed by atoms with van der Waals surface area (Å²) in [5.74, 6) is 0. The van der Waals surface area contributed by atoms with Crippen molar-refractivity contribution in [2.45, 2.75) is 0 Å². The molecule has 0 N–H and O–H groups in total. The Morgan fingerprint density at radius 1 is 0.583 bits per heavy atom. The quantitative estimate of drug-likeness (QED) is 0.866. The smallest absolute Gasteiger partial charge is 0.0642 e. The number of hydrogen-bond acceptors (Lipinski definition) is 4. The number of ether oxygens (including phenoxy) is 2. The van der Waals surface area contributed by atoms with Crippen molar-refractivity contribution in [3.8, 4) is 11.1 Å². The van der Waals surface area contributed by atoms with E-state index in [0.29, 0.717) is 0 Å². The molecule has 0 saturated carbocycles. The Labute approximate surface area is 143 Å². The van der Waals surface area contributed by atoms with E-state index in [1.807, 2.05) is 0 Å². The van der Waals surface area contributed by atoms with E-state index < -0.39 is 0 Å². The van der Waals surface area contributed by atoms with Gasteiger partial charge in [-0.3, -0.25) is 0 Å². The first kappa shape index (κ1) is 15.5. The Kier molecular flexibility index (Phi) is 4.67. The van der Waals surface area contributed by atoms with Crippen LogP contribution in [-0.4, -0.2) is 52.6 Å². The maximum absolute atomic E-state index is 5.45. The standard InChI is InChI=1S/C20H24N2O2/c1-2-18(16-20(3-1)22-10-14-24-15-11-22)17-4-6-19(7-5-17)21-8-12-23-13-9-21/h1-7,16H,8-15H2. The first-order chi connectivity index (χ1) is 11.9. The lowest BCUT2D eigenvalue weighted by molar-refractivity contribution is 0.122. The highest BCUT2D eigenvalue weighted by Gasteiger charge is 2.13. The molecule has 24 heavy (non-hydrogen) atoms. The Morgan fingerprint density at radius 2 is 1.17 bits per heavy atom. The minimum absolute atomic E-state index is 0.818. The zero-order chi connectivity index (χ0) is 16.2. The van der Waals surface area contributed by atoms with Gasteiger partial charge in [0.05, 0.1) is 26.4 Å². The Hall–Kier alpha value is -2.04. The van der Waals surface area contributed by atoms with Crippen molar-refractivity contribution in [1.82, 2.24) is 0 Å². The Morgan fingerprint density at radius 3 is 1.79 bits per heavy atom. The van der Waals surface area contributed by atoms with Gasteiger partial charge in [0.25, 0.3) is 0 Å². The lowest BCUT2D eigenvalue weighted by Gasteiger charge is -2.29. The summed E-state index contributed by atoms with van der Waals surface area (Å²) in [5, 5.41) is 0. The average Bonchev–Trinajstić information content (AvgIpc) is 2.70. The molecule has 0 radical (unpaired) electrons. The minimum atomic E-state index is 0.818. The summed E-state index contributed by atoms with van der Waals surface area (Å²) < 4.78 is 10.9. The van der Waals surface area contributed by atoms with Gasteiger partial charge in [-0.15, -0.1) is 0 Å². The predicted molar refractivity (Wildman–Crippen MR) is 97.9 cm³/mol. The zero-order valence-corrected chi connectivity index (χ0v) is 14.0. The predicted octanol–water partition coefficient (Wildman–Crippen LogP) is 3.03. The average molecular weight is 324 g/mol. The van der Waals surface area contributed by atoms with Gasteiger partial charge < -0.3 is 19.3 Å².